The number of halogens is 6. The molecular formula is C41H40Cl4F2N10O4. The van der Waals surface area contributed by atoms with Crippen molar-refractivity contribution < 1.29 is 27.8 Å². The molecule has 20 heteroatoms. The molecule has 0 radical (unpaired) electrons. The Labute approximate surface area is 370 Å². The molecule has 8 rings (SSSR count). The first-order valence-corrected chi connectivity index (χ1v) is 20.6. The van der Waals surface area contributed by atoms with Gasteiger partial charge in [0.2, 0.25) is 10.6 Å². The summed E-state index contributed by atoms with van der Waals surface area (Å²) in [5.74, 6) is 0.851. The Hall–Kier alpha value is -5.13. The summed E-state index contributed by atoms with van der Waals surface area (Å²) in [6, 6.07) is 12.4. The van der Waals surface area contributed by atoms with Gasteiger partial charge >= 0.3 is 6.09 Å². The number of methoxy groups -OCH3 is 2. The first-order valence-electron chi connectivity index (χ1n) is 19.1. The zero-order chi connectivity index (χ0) is 43.6. The summed E-state index contributed by atoms with van der Waals surface area (Å²) in [6.45, 7) is 10.6. The van der Waals surface area contributed by atoms with E-state index in [9.17, 15) is 13.6 Å². The molecule has 2 saturated heterocycles. The molecule has 6 aromatic rings. The predicted molar refractivity (Wildman–Crippen MR) is 234 cm³/mol. The SMILES string of the molecule is COc1cccc(F)c1-c1nc2nc(Cl)nc(N3CCN(C(=O)OC(C)(C)C)CC3)c2cc1Cl.COc1cccc(F)c1-c1nc2nc(Cl)nc(N3CCNCC3)c2cc1Cl. The molecule has 1 amide bonds. The van der Waals surface area contributed by atoms with Crippen LogP contribution in [0.2, 0.25) is 20.6 Å². The number of fused-ring (bicyclic) bond motifs is 2. The number of amides is 1. The van der Waals surface area contributed by atoms with Gasteiger partial charge in [-0.2, -0.15) is 19.9 Å². The number of aromatic nitrogens is 6. The number of piperazine rings is 2. The van der Waals surface area contributed by atoms with E-state index in [0.717, 1.165) is 26.2 Å². The van der Waals surface area contributed by atoms with E-state index < -0.39 is 17.2 Å². The number of nitrogens with one attached hydrogen (secondary N) is 1. The van der Waals surface area contributed by atoms with Gasteiger partial charge < -0.3 is 34.2 Å². The predicted octanol–water partition coefficient (Wildman–Crippen LogP) is 8.76. The second-order valence-electron chi connectivity index (χ2n) is 14.8. The number of pyridine rings is 2. The topological polar surface area (TPSA) is 144 Å². The molecule has 0 spiro atoms. The van der Waals surface area contributed by atoms with E-state index >= 15 is 0 Å². The number of hydrogen-bond acceptors (Lipinski definition) is 13. The molecule has 0 unspecified atom stereocenters. The number of rotatable bonds is 6. The minimum absolute atomic E-state index is 0.00153. The third-order valence-electron chi connectivity index (χ3n) is 9.70. The summed E-state index contributed by atoms with van der Waals surface area (Å²) in [5.41, 5.74) is 0.831. The molecule has 2 aromatic carbocycles. The summed E-state index contributed by atoms with van der Waals surface area (Å²) in [4.78, 5) is 44.4. The van der Waals surface area contributed by atoms with Crippen molar-refractivity contribution in [2.75, 3.05) is 76.4 Å². The first kappa shape index (κ1) is 43.9. The smallest absolute Gasteiger partial charge is 0.410 e. The Bertz CT molecular complexity index is 2610. The Morgan fingerprint density at radius 3 is 1.52 bits per heavy atom. The maximum Gasteiger partial charge on any atom is 0.410 e. The van der Waals surface area contributed by atoms with Crippen molar-refractivity contribution in [1.29, 1.82) is 0 Å². The maximum absolute atomic E-state index is 14.7. The van der Waals surface area contributed by atoms with Crippen molar-refractivity contribution in [3.63, 3.8) is 0 Å². The Kier molecular flexibility index (Phi) is 13.3. The molecule has 1 N–H and O–H groups in total. The summed E-state index contributed by atoms with van der Waals surface area (Å²) in [7, 11) is 2.91. The number of nitrogens with zero attached hydrogens (tertiary/aromatic N) is 9. The van der Waals surface area contributed by atoms with Gasteiger partial charge in [0.05, 0.1) is 57.6 Å². The van der Waals surface area contributed by atoms with Gasteiger partial charge in [-0.25, -0.2) is 23.5 Å². The van der Waals surface area contributed by atoms with Gasteiger partial charge in [0.25, 0.3) is 0 Å². The van der Waals surface area contributed by atoms with Gasteiger partial charge in [-0.15, -0.1) is 0 Å². The van der Waals surface area contributed by atoms with Gasteiger partial charge in [0, 0.05) is 52.4 Å². The van der Waals surface area contributed by atoms with E-state index in [2.05, 4.69) is 40.1 Å². The van der Waals surface area contributed by atoms with E-state index in [-0.39, 0.29) is 54.9 Å². The number of benzene rings is 2. The molecule has 4 aromatic heterocycles. The van der Waals surface area contributed by atoms with E-state index in [1.54, 1.807) is 41.3 Å². The second kappa shape index (κ2) is 18.5. The highest BCUT2D eigenvalue weighted by Crippen LogP contribution is 2.40. The van der Waals surface area contributed by atoms with Crippen molar-refractivity contribution in [3.8, 4) is 34.0 Å². The number of carbonyl (C=O) groups excluding carboxylic acids is 1. The van der Waals surface area contributed by atoms with Crippen molar-refractivity contribution in [3.05, 3.63) is 80.8 Å². The van der Waals surface area contributed by atoms with E-state index in [1.807, 2.05) is 25.7 Å². The van der Waals surface area contributed by atoms with Gasteiger partial charge in [0.1, 0.15) is 40.4 Å². The molecule has 2 aliphatic heterocycles. The van der Waals surface area contributed by atoms with Crippen LogP contribution in [-0.2, 0) is 4.74 Å². The zero-order valence-electron chi connectivity index (χ0n) is 33.7. The molecule has 6 heterocycles. The van der Waals surface area contributed by atoms with Crippen LogP contribution in [0.3, 0.4) is 0 Å². The highest BCUT2D eigenvalue weighted by molar-refractivity contribution is 6.34. The average molecular weight is 917 g/mol. The molecular weight excluding hydrogens is 876 g/mol. The highest BCUT2D eigenvalue weighted by atomic mass is 35.5. The number of carbonyl (C=O) groups is 1. The lowest BCUT2D eigenvalue weighted by Crippen LogP contribution is -2.50. The fourth-order valence-corrected chi connectivity index (χ4v) is 7.74. The molecule has 2 fully saturated rings. The minimum atomic E-state index is -0.564. The molecule has 61 heavy (non-hydrogen) atoms. The van der Waals surface area contributed by atoms with Crippen molar-refractivity contribution in [2.45, 2.75) is 26.4 Å². The summed E-state index contributed by atoms with van der Waals surface area (Å²) >= 11 is 25.4. The molecule has 0 bridgehead atoms. The Balaban J connectivity index is 0.000000189. The van der Waals surface area contributed by atoms with E-state index in [1.165, 1.54) is 26.4 Å². The molecule has 0 aliphatic carbocycles. The lowest BCUT2D eigenvalue weighted by Gasteiger charge is -2.36. The molecule has 2 aliphatic rings. The van der Waals surface area contributed by atoms with Crippen LogP contribution >= 0.6 is 46.4 Å². The van der Waals surface area contributed by atoms with Crippen LogP contribution in [0.1, 0.15) is 20.8 Å². The zero-order valence-corrected chi connectivity index (χ0v) is 36.7. The van der Waals surface area contributed by atoms with Crippen LogP contribution in [-0.4, -0.2) is 113 Å². The minimum Gasteiger partial charge on any atom is -0.496 e. The molecule has 320 valence electrons. The van der Waals surface area contributed by atoms with Gasteiger partial charge in [-0.05, 0) is 80.4 Å². The van der Waals surface area contributed by atoms with E-state index in [0.29, 0.717) is 65.7 Å². The van der Waals surface area contributed by atoms with Crippen LogP contribution < -0.4 is 24.6 Å². The quantitative estimate of drug-likeness (QED) is 0.159. The molecule has 0 saturated carbocycles. The normalized spacial score (nSPS) is 14.5. The van der Waals surface area contributed by atoms with Crippen LogP contribution in [0.4, 0.5) is 25.2 Å². The third kappa shape index (κ3) is 9.68. The highest BCUT2D eigenvalue weighted by Gasteiger charge is 2.29. The lowest BCUT2D eigenvalue weighted by molar-refractivity contribution is 0.0240. The van der Waals surface area contributed by atoms with E-state index in [4.69, 9.17) is 60.6 Å². The van der Waals surface area contributed by atoms with Crippen LogP contribution in [0.15, 0.2) is 48.5 Å². The van der Waals surface area contributed by atoms with Crippen LogP contribution in [0, 0.1) is 11.6 Å². The summed E-state index contributed by atoms with van der Waals surface area (Å²) < 4.78 is 45.2. The monoisotopic (exact) mass is 914 g/mol. The second-order valence-corrected chi connectivity index (χ2v) is 16.3. The van der Waals surface area contributed by atoms with Crippen molar-refractivity contribution >= 4 is 86.2 Å². The molecule has 0 atom stereocenters. The number of anilines is 2. The Morgan fingerprint density at radius 2 is 1.10 bits per heavy atom. The Morgan fingerprint density at radius 1 is 0.656 bits per heavy atom. The largest absolute Gasteiger partial charge is 0.496 e. The number of ether oxygens (including phenoxy) is 3. The van der Waals surface area contributed by atoms with Crippen LogP contribution in [0.5, 0.6) is 11.5 Å². The maximum atomic E-state index is 14.7. The van der Waals surface area contributed by atoms with Gasteiger partial charge in [-0.3, -0.25) is 0 Å². The van der Waals surface area contributed by atoms with Gasteiger partial charge in [-0.1, -0.05) is 35.3 Å². The lowest BCUT2D eigenvalue weighted by atomic mass is 10.1. The van der Waals surface area contributed by atoms with Crippen molar-refractivity contribution in [1.82, 2.24) is 40.1 Å². The first-order chi connectivity index (χ1) is 29.1. The van der Waals surface area contributed by atoms with Gasteiger partial charge in [0.15, 0.2) is 11.3 Å². The molecule has 14 nitrogen and oxygen atoms in total. The summed E-state index contributed by atoms with van der Waals surface area (Å²) in [5, 5.41) is 5.12. The van der Waals surface area contributed by atoms with Crippen LogP contribution in [0.25, 0.3) is 44.6 Å². The average Bonchev–Trinajstić information content (AvgIpc) is 3.23. The van der Waals surface area contributed by atoms with Crippen molar-refractivity contribution in [2.24, 2.45) is 0 Å². The fourth-order valence-electron chi connectivity index (χ4n) is 6.92. The third-order valence-corrected chi connectivity index (χ3v) is 10.6. The fraction of sp³-hybridized carbons (Fsp3) is 0.341. The standard InChI is InChI=1S/C23H24Cl2FN5O3.C18H16Cl2FN5O/c1-23(2,3)34-22(32)31-10-8-30(9-11-31)20-13-12-14(24)18(27-19(13)28-21(25)29-20)17-15(26)6-5-7-16(17)33-4;1-27-13-4-2-3-12(21)14(13)15-11(19)9-10-16(23-15)24-18(20)25-17(10)26-7-5-22-6-8-26/h5-7,12H,8-11H2,1-4H3;2-4,9,22H,5-8H2,1H3. The number of hydrogen-bond donors (Lipinski definition) is 1. The summed E-state index contributed by atoms with van der Waals surface area (Å²) in [6.07, 6.45) is -0.356.